The van der Waals surface area contributed by atoms with E-state index in [1.807, 2.05) is 60.7 Å². The van der Waals surface area contributed by atoms with Gasteiger partial charge in [-0.05, 0) is 28.8 Å². The predicted molar refractivity (Wildman–Crippen MR) is 121 cm³/mol. The third kappa shape index (κ3) is 3.00. The van der Waals surface area contributed by atoms with Crippen LogP contribution >= 0.6 is 0 Å². The zero-order valence-corrected chi connectivity index (χ0v) is 17.0. The Labute approximate surface area is 179 Å². The Morgan fingerprint density at radius 1 is 0.774 bits per heavy atom. The van der Waals surface area contributed by atoms with Crippen LogP contribution in [0.15, 0.2) is 91.3 Å². The summed E-state index contributed by atoms with van der Waals surface area (Å²) in [6.07, 6.45) is 1.58. The smallest absolute Gasteiger partial charge is 0.183 e. The number of benzene rings is 3. The lowest BCUT2D eigenvalue weighted by molar-refractivity contribution is 0.414. The molecule has 3 aromatic carbocycles. The van der Waals surface area contributed by atoms with Crippen LogP contribution in [0.4, 0.5) is 5.82 Å². The molecule has 3 N–H and O–H groups in total. The lowest BCUT2D eigenvalue weighted by Crippen LogP contribution is -2.33. The largest absolute Gasteiger partial charge is 0.497 e. The lowest BCUT2D eigenvalue weighted by atomic mass is 9.68. The highest BCUT2D eigenvalue weighted by Crippen LogP contribution is 2.44. The summed E-state index contributed by atoms with van der Waals surface area (Å²) in [5.74, 6) is 1.70. The Morgan fingerprint density at radius 2 is 1.35 bits per heavy atom. The van der Waals surface area contributed by atoms with Crippen LogP contribution in [-0.4, -0.2) is 27.0 Å². The fourth-order valence-corrected chi connectivity index (χ4v) is 4.13. The first-order valence-electron chi connectivity index (χ1n) is 9.96. The Balaban J connectivity index is 1.91. The first-order chi connectivity index (χ1) is 15.2. The van der Waals surface area contributed by atoms with Gasteiger partial charge >= 0.3 is 0 Å². The Bertz CT molecular complexity index is 1280. The van der Waals surface area contributed by atoms with E-state index in [2.05, 4.69) is 34.2 Å². The fourth-order valence-electron chi connectivity index (χ4n) is 4.13. The van der Waals surface area contributed by atoms with Crippen LogP contribution in [0.3, 0.4) is 0 Å². The van der Waals surface area contributed by atoms with Gasteiger partial charge in [-0.3, -0.25) is 0 Å². The standard InChI is InChI=1S/C25H21N5O/c1-31-20-14-12-19(13-15-20)25(17-8-4-2-5-9-17,18-10-6-3-7-11-18)24-29-22(26)21-23(30-24)28-16-27-21/h2-16H,1H3,(H3,26,27,28,29,30). The number of ether oxygens (including phenoxy) is 1. The van der Waals surface area contributed by atoms with Crippen LogP contribution in [0, 0.1) is 0 Å². The minimum absolute atomic E-state index is 0.363. The van der Waals surface area contributed by atoms with Gasteiger partial charge in [-0.25, -0.2) is 15.0 Å². The maximum atomic E-state index is 6.34. The number of anilines is 1. The maximum absolute atomic E-state index is 6.34. The molecule has 0 atom stereocenters. The van der Waals surface area contributed by atoms with Crippen molar-refractivity contribution in [3.63, 3.8) is 0 Å². The number of nitrogens with two attached hydrogens (primary N) is 1. The summed E-state index contributed by atoms with van der Waals surface area (Å²) < 4.78 is 5.40. The van der Waals surface area contributed by atoms with Crippen molar-refractivity contribution in [1.29, 1.82) is 0 Å². The van der Waals surface area contributed by atoms with Crippen LogP contribution in [0.1, 0.15) is 22.5 Å². The molecular formula is C25H21N5O. The van der Waals surface area contributed by atoms with Gasteiger partial charge in [0.1, 0.15) is 16.7 Å². The second-order valence-electron chi connectivity index (χ2n) is 7.24. The third-order valence-electron chi connectivity index (χ3n) is 5.59. The van der Waals surface area contributed by atoms with Crippen molar-refractivity contribution in [2.75, 3.05) is 12.8 Å². The molecule has 0 saturated carbocycles. The quantitative estimate of drug-likeness (QED) is 0.423. The zero-order valence-electron chi connectivity index (χ0n) is 17.0. The number of H-pyrrole nitrogens is 1. The van der Waals surface area contributed by atoms with Crippen molar-refractivity contribution in [3.8, 4) is 5.75 Å². The number of imidazole rings is 1. The van der Waals surface area contributed by atoms with E-state index in [-0.39, 0.29) is 0 Å². The van der Waals surface area contributed by atoms with Gasteiger partial charge in [0, 0.05) is 0 Å². The van der Waals surface area contributed by atoms with E-state index in [0.29, 0.717) is 22.8 Å². The molecule has 0 spiro atoms. The summed E-state index contributed by atoms with van der Waals surface area (Å²) >= 11 is 0. The second kappa shape index (κ2) is 7.57. The fraction of sp³-hybridized carbons (Fsp3) is 0.0800. The molecule has 0 fully saturated rings. The van der Waals surface area contributed by atoms with Crippen LogP contribution in [0.5, 0.6) is 5.75 Å². The summed E-state index contributed by atoms with van der Waals surface area (Å²) in [5, 5.41) is 0. The molecule has 6 heteroatoms. The molecule has 0 radical (unpaired) electrons. The molecule has 0 unspecified atom stereocenters. The van der Waals surface area contributed by atoms with E-state index in [0.717, 1.165) is 22.4 Å². The number of fused-ring (bicyclic) bond motifs is 1. The maximum Gasteiger partial charge on any atom is 0.183 e. The predicted octanol–water partition coefficient (Wildman–Crippen LogP) is 4.33. The highest BCUT2D eigenvalue weighted by molar-refractivity contribution is 5.81. The van der Waals surface area contributed by atoms with Crippen LogP contribution in [0.2, 0.25) is 0 Å². The van der Waals surface area contributed by atoms with Crippen molar-refractivity contribution < 1.29 is 4.74 Å². The van der Waals surface area contributed by atoms with Crippen molar-refractivity contribution in [2.24, 2.45) is 0 Å². The zero-order chi connectivity index (χ0) is 21.3. The molecule has 31 heavy (non-hydrogen) atoms. The normalized spacial score (nSPS) is 11.5. The summed E-state index contributed by atoms with van der Waals surface area (Å²) in [6, 6.07) is 28.4. The molecular weight excluding hydrogens is 386 g/mol. The summed E-state index contributed by atoms with van der Waals surface area (Å²) in [6.45, 7) is 0. The van der Waals surface area contributed by atoms with E-state index in [9.17, 15) is 0 Å². The van der Waals surface area contributed by atoms with Gasteiger partial charge in [0.15, 0.2) is 17.3 Å². The molecule has 6 nitrogen and oxygen atoms in total. The van der Waals surface area contributed by atoms with Gasteiger partial charge < -0.3 is 15.5 Å². The molecule has 5 rings (SSSR count). The first-order valence-corrected chi connectivity index (χ1v) is 9.96. The van der Waals surface area contributed by atoms with Crippen molar-refractivity contribution in [1.82, 2.24) is 19.9 Å². The Kier molecular flexibility index (Phi) is 4.59. The topological polar surface area (TPSA) is 89.7 Å². The number of rotatable bonds is 5. The van der Waals surface area contributed by atoms with Crippen LogP contribution in [0.25, 0.3) is 11.2 Å². The molecule has 0 bridgehead atoms. The van der Waals surface area contributed by atoms with Crippen molar-refractivity contribution in [2.45, 2.75) is 5.41 Å². The lowest BCUT2D eigenvalue weighted by Gasteiger charge is -2.34. The van der Waals surface area contributed by atoms with Gasteiger partial charge in [0.2, 0.25) is 0 Å². The van der Waals surface area contributed by atoms with E-state index in [1.165, 1.54) is 0 Å². The van der Waals surface area contributed by atoms with E-state index >= 15 is 0 Å². The van der Waals surface area contributed by atoms with Crippen LogP contribution < -0.4 is 10.5 Å². The monoisotopic (exact) mass is 407 g/mol. The number of aromatic nitrogens is 4. The minimum atomic E-state index is -0.796. The molecule has 0 aliphatic carbocycles. The molecule has 0 aliphatic rings. The SMILES string of the molecule is COc1ccc(C(c2ccccc2)(c2ccccc2)c2nc(N)c3[nH]cnc3n2)cc1. The van der Waals surface area contributed by atoms with Crippen LogP contribution in [-0.2, 0) is 5.41 Å². The summed E-state index contributed by atoms with van der Waals surface area (Å²) in [5.41, 5.74) is 9.76. The van der Waals surface area contributed by atoms with Gasteiger partial charge in [-0.15, -0.1) is 0 Å². The van der Waals surface area contributed by atoms with Gasteiger partial charge in [0.25, 0.3) is 0 Å². The van der Waals surface area contributed by atoms with Gasteiger partial charge in [-0.2, -0.15) is 0 Å². The van der Waals surface area contributed by atoms with Gasteiger partial charge in [-0.1, -0.05) is 72.8 Å². The summed E-state index contributed by atoms with van der Waals surface area (Å²) in [7, 11) is 1.66. The van der Waals surface area contributed by atoms with Crippen molar-refractivity contribution in [3.05, 3.63) is 114 Å². The first kappa shape index (κ1) is 18.8. The number of aromatic amines is 1. The minimum Gasteiger partial charge on any atom is -0.497 e. The number of nitrogens with zero attached hydrogens (tertiary/aromatic N) is 3. The molecule has 2 aromatic heterocycles. The van der Waals surface area contributed by atoms with Gasteiger partial charge in [0.05, 0.1) is 13.4 Å². The summed E-state index contributed by atoms with van der Waals surface area (Å²) in [4.78, 5) is 17.0. The average Bonchev–Trinajstić information content (AvgIpc) is 3.31. The molecule has 152 valence electrons. The molecule has 2 heterocycles. The average molecular weight is 407 g/mol. The number of methoxy groups -OCH3 is 1. The molecule has 0 aliphatic heterocycles. The second-order valence-corrected chi connectivity index (χ2v) is 7.24. The number of nitrogens with one attached hydrogen (secondary N) is 1. The molecule has 0 saturated heterocycles. The Hall–Kier alpha value is -4.19. The number of hydrogen-bond acceptors (Lipinski definition) is 5. The van der Waals surface area contributed by atoms with Crippen molar-refractivity contribution >= 4 is 17.0 Å². The number of hydrogen-bond donors (Lipinski definition) is 2. The van der Waals surface area contributed by atoms with E-state index in [4.69, 9.17) is 20.4 Å². The third-order valence-corrected chi connectivity index (χ3v) is 5.59. The highest BCUT2D eigenvalue weighted by atomic mass is 16.5. The molecule has 0 amide bonds. The number of nitrogen functional groups attached to an aromatic ring is 1. The molecule has 5 aromatic rings. The highest BCUT2D eigenvalue weighted by Gasteiger charge is 2.41. The Morgan fingerprint density at radius 3 is 1.94 bits per heavy atom. The van der Waals surface area contributed by atoms with E-state index in [1.54, 1.807) is 13.4 Å². The van der Waals surface area contributed by atoms with E-state index < -0.39 is 5.41 Å².